The highest BCUT2D eigenvalue weighted by molar-refractivity contribution is 5.92. The highest BCUT2D eigenvalue weighted by Gasteiger charge is 2.38. The van der Waals surface area contributed by atoms with Crippen LogP contribution in [0, 0.1) is 0 Å². The molecule has 1 nitrogen and oxygen atoms in total. The van der Waals surface area contributed by atoms with Crippen LogP contribution in [0.5, 0.6) is 0 Å². The van der Waals surface area contributed by atoms with Crippen LogP contribution in [0.4, 0.5) is 0 Å². The number of fused-ring (bicyclic) bond motifs is 3. The number of aryl methyl sites for hydroxylation is 1. The Bertz CT molecular complexity index is 484. The van der Waals surface area contributed by atoms with Crippen molar-refractivity contribution in [1.82, 2.24) is 0 Å². The molecule has 1 heteroatoms. The number of carbonyl (C=O) groups is 1. The second-order valence-corrected chi connectivity index (χ2v) is 5.13. The van der Waals surface area contributed by atoms with Crippen LogP contribution in [0.15, 0.2) is 35.9 Å². The van der Waals surface area contributed by atoms with Crippen LogP contribution in [0.1, 0.15) is 37.3 Å². The maximum atomic E-state index is 11.5. The van der Waals surface area contributed by atoms with Crippen molar-refractivity contribution >= 4 is 5.78 Å². The summed E-state index contributed by atoms with van der Waals surface area (Å²) >= 11 is 0. The normalized spacial score (nSPS) is 28.1. The zero-order valence-corrected chi connectivity index (χ0v) is 9.62. The Kier molecular flexibility index (Phi) is 2.03. The second kappa shape index (κ2) is 3.31. The Hall–Kier alpha value is -1.37. The third-order valence-electron chi connectivity index (χ3n) is 4.19. The van der Waals surface area contributed by atoms with Gasteiger partial charge in [0.2, 0.25) is 0 Å². The lowest BCUT2D eigenvalue weighted by molar-refractivity contribution is -0.115. The molecule has 16 heavy (non-hydrogen) atoms. The topological polar surface area (TPSA) is 17.1 Å². The third-order valence-corrected chi connectivity index (χ3v) is 4.19. The molecule has 3 rings (SSSR count). The molecular formula is C15H16O. The van der Waals surface area contributed by atoms with Gasteiger partial charge >= 0.3 is 0 Å². The van der Waals surface area contributed by atoms with Gasteiger partial charge in [-0.25, -0.2) is 0 Å². The summed E-state index contributed by atoms with van der Waals surface area (Å²) in [5, 5.41) is 0. The largest absolute Gasteiger partial charge is 0.295 e. The Balaban J connectivity index is 2.18. The van der Waals surface area contributed by atoms with E-state index in [1.165, 1.54) is 16.7 Å². The third kappa shape index (κ3) is 1.27. The molecule has 2 aliphatic rings. The molecule has 1 aromatic rings. The predicted molar refractivity (Wildman–Crippen MR) is 64.4 cm³/mol. The summed E-state index contributed by atoms with van der Waals surface area (Å²) in [6.45, 7) is 2.29. The van der Waals surface area contributed by atoms with E-state index in [0.29, 0.717) is 12.2 Å². The summed E-state index contributed by atoms with van der Waals surface area (Å²) in [5.74, 6) is 0.312. The van der Waals surface area contributed by atoms with Crippen molar-refractivity contribution in [3.63, 3.8) is 0 Å². The van der Waals surface area contributed by atoms with Crippen molar-refractivity contribution in [1.29, 1.82) is 0 Å². The lowest BCUT2D eigenvalue weighted by Crippen LogP contribution is -2.34. The molecule has 0 saturated heterocycles. The molecule has 2 aliphatic carbocycles. The molecule has 0 saturated carbocycles. The zero-order valence-electron chi connectivity index (χ0n) is 9.62. The fraction of sp³-hybridized carbons (Fsp3) is 0.400. The highest BCUT2D eigenvalue weighted by atomic mass is 16.1. The fourth-order valence-corrected chi connectivity index (χ4v) is 3.16. The monoisotopic (exact) mass is 212 g/mol. The van der Waals surface area contributed by atoms with Gasteiger partial charge in [-0.1, -0.05) is 36.8 Å². The SMILES string of the molecule is CC12CCC(=O)C=C1CCc1ccccc12. The number of hydrogen-bond donors (Lipinski definition) is 0. The van der Waals surface area contributed by atoms with Crippen molar-refractivity contribution in [2.75, 3.05) is 0 Å². The lowest BCUT2D eigenvalue weighted by atomic mass is 9.63. The Morgan fingerprint density at radius 2 is 1.94 bits per heavy atom. The number of benzene rings is 1. The van der Waals surface area contributed by atoms with Crippen LogP contribution >= 0.6 is 0 Å². The predicted octanol–water partition coefficient (Wildman–Crippen LogP) is 3.18. The molecule has 0 fully saturated rings. The zero-order chi connectivity index (χ0) is 11.2. The van der Waals surface area contributed by atoms with Crippen LogP contribution in [0.25, 0.3) is 0 Å². The van der Waals surface area contributed by atoms with E-state index in [1.807, 2.05) is 6.08 Å². The van der Waals surface area contributed by atoms with Gasteiger partial charge in [0.25, 0.3) is 0 Å². The van der Waals surface area contributed by atoms with E-state index in [1.54, 1.807) is 0 Å². The summed E-state index contributed by atoms with van der Waals surface area (Å²) in [6, 6.07) is 8.69. The van der Waals surface area contributed by atoms with Gasteiger partial charge in [-0.2, -0.15) is 0 Å². The molecule has 1 atom stereocenters. The van der Waals surface area contributed by atoms with E-state index >= 15 is 0 Å². The van der Waals surface area contributed by atoms with E-state index in [9.17, 15) is 4.79 Å². The average molecular weight is 212 g/mol. The van der Waals surface area contributed by atoms with Gasteiger partial charge in [0.05, 0.1) is 0 Å². The molecule has 0 bridgehead atoms. The molecule has 1 aromatic carbocycles. The first kappa shape index (κ1) is 9.83. The van der Waals surface area contributed by atoms with Crippen molar-refractivity contribution in [2.45, 2.75) is 38.0 Å². The van der Waals surface area contributed by atoms with Crippen molar-refractivity contribution in [3.8, 4) is 0 Å². The van der Waals surface area contributed by atoms with E-state index in [4.69, 9.17) is 0 Å². The highest BCUT2D eigenvalue weighted by Crippen LogP contribution is 2.46. The summed E-state index contributed by atoms with van der Waals surface area (Å²) in [4.78, 5) is 11.5. The minimum absolute atomic E-state index is 0.128. The first-order valence-corrected chi connectivity index (χ1v) is 6.02. The Morgan fingerprint density at radius 3 is 2.81 bits per heavy atom. The average Bonchev–Trinajstić information content (AvgIpc) is 2.31. The van der Waals surface area contributed by atoms with E-state index in [0.717, 1.165) is 19.3 Å². The second-order valence-electron chi connectivity index (χ2n) is 5.13. The van der Waals surface area contributed by atoms with Gasteiger partial charge in [-0.3, -0.25) is 4.79 Å². The quantitative estimate of drug-likeness (QED) is 0.645. The Morgan fingerprint density at radius 1 is 1.12 bits per heavy atom. The number of carbonyl (C=O) groups excluding carboxylic acids is 1. The molecule has 0 aromatic heterocycles. The van der Waals surface area contributed by atoms with Crippen LogP contribution < -0.4 is 0 Å². The summed E-state index contributed by atoms with van der Waals surface area (Å²) in [7, 11) is 0. The molecule has 0 radical (unpaired) electrons. The maximum absolute atomic E-state index is 11.5. The van der Waals surface area contributed by atoms with Crippen LogP contribution in [-0.4, -0.2) is 5.78 Å². The van der Waals surface area contributed by atoms with Gasteiger partial charge in [0.1, 0.15) is 0 Å². The molecule has 0 heterocycles. The molecule has 0 aliphatic heterocycles. The first-order valence-electron chi connectivity index (χ1n) is 6.02. The molecule has 82 valence electrons. The first-order chi connectivity index (χ1) is 7.70. The van der Waals surface area contributed by atoms with Crippen molar-refractivity contribution in [2.24, 2.45) is 0 Å². The minimum atomic E-state index is 0.128. The number of ketones is 1. The summed E-state index contributed by atoms with van der Waals surface area (Å²) in [6.07, 6.45) is 5.73. The fourth-order valence-electron chi connectivity index (χ4n) is 3.16. The van der Waals surface area contributed by atoms with Gasteiger partial charge in [0.15, 0.2) is 5.78 Å². The number of hydrogen-bond acceptors (Lipinski definition) is 1. The molecule has 0 N–H and O–H groups in total. The number of rotatable bonds is 0. The van der Waals surface area contributed by atoms with Crippen LogP contribution in [-0.2, 0) is 16.6 Å². The van der Waals surface area contributed by atoms with Gasteiger partial charge in [-0.05, 0) is 36.5 Å². The standard InChI is InChI=1S/C15H16O/c1-15-9-8-13(16)10-12(15)7-6-11-4-2-3-5-14(11)15/h2-5,10H,6-9H2,1H3. The van der Waals surface area contributed by atoms with E-state index < -0.39 is 0 Å². The molecule has 0 amide bonds. The van der Waals surface area contributed by atoms with Gasteiger partial charge in [-0.15, -0.1) is 0 Å². The molecular weight excluding hydrogens is 196 g/mol. The van der Waals surface area contributed by atoms with Gasteiger partial charge < -0.3 is 0 Å². The maximum Gasteiger partial charge on any atom is 0.155 e. The van der Waals surface area contributed by atoms with Crippen LogP contribution in [0.3, 0.4) is 0 Å². The van der Waals surface area contributed by atoms with E-state index in [2.05, 4.69) is 31.2 Å². The summed E-state index contributed by atoms with van der Waals surface area (Å²) in [5.41, 5.74) is 4.39. The van der Waals surface area contributed by atoms with E-state index in [-0.39, 0.29) is 5.41 Å². The smallest absolute Gasteiger partial charge is 0.155 e. The number of allylic oxidation sites excluding steroid dienone is 2. The van der Waals surface area contributed by atoms with Crippen LogP contribution in [0.2, 0.25) is 0 Å². The van der Waals surface area contributed by atoms with Gasteiger partial charge in [0, 0.05) is 11.8 Å². The minimum Gasteiger partial charge on any atom is -0.295 e. The summed E-state index contributed by atoms with van der Waals surface area (Å²) < 4.78 is 0. The Labute approximate surface area is 96.2 Å². The molecule has 0 spiro atoms. The van der Waals surface area contributed by atoms with Crippen molar-refractivity contribution < 1.29 is 4.79 Å². The molecule has 1 unspecified atom stereocenters. The van der Waals surface area contributed by atoms with Crippen molar-refractivity contribution in [3.05, 3.63) is 47.0 Å². The lowest BCUT2D eigenvalue weighted by Gasteiger charge is -2.40.